The lowest BCUT2D eigenvalue weighted by Crippen LogP contribution is -2.23. The van der Waals surface area contributed by atoms with Gasteiger partial charge in [0.25, 0.3) is 0 Å². The zero-order chi connectivity index (χ0) is 21.0. The van der Waals surface area contributed by atoms with Crippen molar-refractivity contribution in [2.45, 2.75) is 26.7 Å². The topological polar surface area (TPSA) is 63.2 Å². The molecule has 6 nitrogen and oxygen atoms in total. The minimum absolute atomic E-state index is 0.0369. The number of hydrogen-bond acceptors (Lipinski definition) is 6. The summed E-state index contributed by atoms with van der Waals surface area (Å²) in [6.07, 6.45) is 0. The van der Waals surface area contributed by atoms with Crippen LogP contribution in [0, 0.1) is 11.8 Å². The number of benzene rings is 2. The summed E-state index contributed by atoms with van der Waals surface area (Å²) >= 11 is 0. The zero-order valence-corrected chi connectivity index (χ0v) is 17.6. The minimum Gasteiger partial charge on any atom is -0.493 e. The number of carbonyl (C=O) groups excluding carboxylic acids is 1. The summed E-state index contributed by atoms with van der Waals surface area (Å²) in [5.41, 5.74) is 2.19. The van der Waals surface area contributed by atoms with Crippen LogP contribution in [0.25, 0.3) is 0 Å². The Kier molecular flexibility index (Phi) is 6.52. The summed E-state index contributed by atoms with van der Waals surface area (Å²) in [7, 11) is 3.25. The van der Waals surface area contributed by atoms with Gasteiger partial charge in [0.05, 0.1) is 20.8 Å². The minimum atomic E-state index is -0.269. The summed E-state index contributed by atoms with van der Waals surface area (Å²) in [5, 5.41) is 0. The molecule has 0 unspecified atom stereocenters. The molecule has 0 saturated carbocycles. The first-order chi connectivity index (χ1) is 13.9. The van der Waals surface area contributed by atoms with E-state index in [4.69, 9.17) is 23.7 Å². The van der Waals surface area contributed by atoms with Crippen molar-refractivity contribution in [3.8, 4) is 23.0 Å². The standard InChI is InChI=1S/C23H28O6/c1-14(12-27-16(3)24)15(2)23(17-6-8-19(25-4)21(10-17)26-5)18-7-9-20-22(11-18)29-13-28-20/h6-11,14-15,23H,12-13H2,1-5H3/t14-,15+,23+/m1/s1. The van der Waals surface area contributed by atoms with Crippen LogP contribution < -0.4 is 18.9 Å². The van der Waals surface area contributed by atoms with E-state index in [0.29, 0.717) is 18.1 Å². The third kappa shape index (κ3) is 4.58. The first-order valence-electron chi connectivity index (χ1n) is 9.69. The van der Waals surface area contributed by atoms with Crippen LogP contribution in [0.4, 0.5) is 0 Å². The number of esters is 1. The highest BCUT2D eigenvalue weighted by atomic mass is 16.7. The highest BCUT2D eigenvalue weighted by Crippen LogP contribution is 2.43. The summed E-state index contributed by atoms with van der Waals surface area (Å²) in [6, 6.07) is 12.0. The van der Waals surface area contributed by atoms with E-state index in [1.165, 1.54) is 6.92 Å². The SMILES string of the molecule is COc1ccc([C@@H](c2ccc3c(c2)OCO3)[C@@H](C)[C@H](C)COC(C)=O)cc1OC. The van der Waals surface area contributed by atoms with Crippen LogP contribution in [0.15, 0.2) is 36.4 Å². The van der Waals surface area contributed by atoms with E-state index >= 15 is 0 Å². The lowest BCUT2D eigenvalue weighted by Gasteiger charge is -2.30. The Morgan fingerprint density at radius 1 is 0.966 bits per heavy atom. The van der Waals surface area contributed by atoms with Crippen LogP contribution in [-0.2, 0) is 9.53 Å². The molecular weight excluding hydrogens is 372 g/mol. The van der Waals surface area contributed by atoms with Crippen molar-refractivity contribution in [1.29, 1.82) is 0 Å². The molecule has 1 aliphatic heterocycles. The van der Waals surface area contributed by atoms with Gasteiger partial charge in [-0.2, -0.15) is 0 Å². The van der Waals surface area contributed by atoms with Gasteiger partial charge in [0, 0.05) is 12.8 Å². The molecule has 0 aromatic heterocycles. The van der Waals surface area contributed by atoms with Crippen LogP contribution in [0.5, 0.6) is 23.0 Å². The summed E-state index contributed by atoms with van der Waals surface area (Å²) in [4.78, 5) is 11.3. The molecule has 3 rings (SSSR count). The van der Waals surface area contributed by atoms with Crippen molar-refractivity contribution in [2.75, 3.05) is 27.6 Å². The van der Waals surface area contributed by atoms with Crippen LogP contribution in [0.2, 0.25) is 0 Å². The zero-order valence-electron chi connectivity index (χ0n) is 17.6. The van der Waals surface area contributed by atoms with E-state index in [1.807, 2.05) is 30.3 Å². The Labute approximate surface area is 171 Å². The lowest BCUT2D eigenvalue weighted by molar-refractivity contribution is -0.142. The first kappa shape index (κ1) is 20.8. The maximum atomic E-state index is 11.3. The molecule has 2 aromatic carbocycles. The average Bonchev–Trinajstić information content (AvgIpc) is 3.19. The number of methoxy groups -OCH3 is 2. The van der Waals surface area contributed by atoms with E-state index in [1.54, 1.807) is 14.2 Å². The third-order valence-electron chi connectivity index (χ3n) is 5.50. The van der Waals surface area contributed by atoms with E-state index in [9.17, 15) is 4.79 Å². The van der Waals surface area contributed by atoms with Crippen LogP contribution in [0.3, 0.4) is 0 Å². The molecule has 29 heavy (non-hydrogen) atoms. The second kappa shape index (κ2) is 9.07. The van der Waals surface area contributed by atoms with Crippen LogP contribution >= 0.6 is 0 Å². The fourth-order valence-corrected chi connectivity index (χ4v) is 3.68. The van der Waals surface area contributed by atoms with Gasteiger partial charge in [-0.15, -0.1) is 0 Å². The van der Waals surface area contributed by atoms with Gasteiger partial charge in [-0.25, -0.2) is 0 Å². The molecule has 0 saturated heterocycles. The quantitative estimate of drug-likeness (QED) is 0.612. The van der Waals surface area contributed by atoms with Crippen molar-refractivity contribution in [1.82, 2.24) is 0 Å². The normalized spacial score (nSPS) is 15.3. The Balaban J connectivity index is 2.00. The second-order valence-corrected chi connectivity index (χ2v) is 7.34. The van der Waals surface area contributed by atoms with Crippen molar-refractivity contribution in [3.05, 3.63) is 47.5 Å². The first-order valence-corrected chi connectivity index (χ1v) is 9.69. The van der Waals surface area contributed by atoms with E-state index in [-0.39, 0.29) is 30.5 Å². The highest BCUT2D eigenvalue weighted by Gasteiger charge is 2.29. The molecule has 0 aliphatic carbocycles. The molecule has 0 spiro atoms. The molecule has 0 radical (unpaired) electrons. The number of fused-ring (bicyclic) bond motifs is 1. The van der Waals surface area contributed by atoms with Gasteiger partial charge in [-0.05, 0) is 47.2 Å². The average molecular weight is 400 g/mol. The van der Waals surface area contributed by atoms with Gasteiger partial charge < -0.3 is 23.7 Å². The van der Waals surface area contributed by atoms with Crippen molar-refractivity contribution in [2.24, 2.45) is 11.8 Å². The summed E-state index contributed by atoms with van der Waals surface area (Å²) in [6.45, 7) is 6.29. The molecule has 1 heterocycles. The Bertz CT molecular complexity index is 862. The molecule has 2 aromatic rings. The molecule has 0 amide bonds. The predicted octanol–water partition coefficient (Wildman–Crippen LogP) is 4.40. The van der Waals surface area contributed by atoms with Crippen molar-refractivity contribution in [3.63, 3.8) is 0 Å². The van der Waals surface area contributed by atoms with E-state index < -0.39 is 0 Å². The molecule has 0 bridgehead atoms. The number of rotatable bonds is 8. The monoisotopic (exact) mass is 400 g/mol. The highest BCUT2D eigenvalue weighted by molar-refractivity contribution is 5.65. The summed E-state index contributed by atoms with van der Waals surface area (Å²) in [5.74, 6) is 2.94. The van der Waals surface area contributed by atoms with E-state index in [2.05, 4.69) is 19.9 Å². The molecule has 1 aliphatic rings. The Morgan fingerprint density at radius 2 is 1.62 bits per heavy atom. The van der Waals surface area contributed by atoms with E-state index in [0.717, 1.165) is 22.6 Å². The summed E-state index contributed by atoms with van der Waals surface area (Å²) < 4.78 is 27.2. The maximum absolute atomic E-state index is 11.3. The molecule has 6 heteroatoms. The lowest BCUT2D eigenvalue weighted by atomic mass is 9.76. The molecule has 0 N–H and O–H groups in total. The van der Waals surface area contributed by atoms with Crippen molar-refractivity contribution >= 4 is 5.97 Å². The largest absolute Gasteiger partial charge is 0.493 e. The predicted molar refractivity (Wildman–Crippen MR) is 109 cm³/mol. The van der Waals surface area contributed by atoms with Crippen molar-refractivity contribution < 1.29 is 28.5 Å². The van der Waals surface area contributed by atoms with Gasteiger partial charge >= 0.3 is 5.97 Å². The van der Waals surface area contributed by atoms with Crippen LogP contribution in [-0.4, -0.2) is 33.6 Å². The Hall–Kier alpha value is -2.89. The number of hydrogen-bond donors (Lipinski definition) is 0. The molecular formula is C23H28O6. The fraction of sp³-hybridized carbons (Fsp3) is 0.435. The second-order valence-electron chi connectivity index (χ2n) is 7.34. The van der Waals surface area contributed by atoms with Gasteiger partial charge in [0.2, 0.25) is 6.79 Å². The van der Waals surface area contributed by atoms with Gasteiger partial charge in [-0.3, -0.25) is 4.79 Å². The van der Waals surface area contributed by atoms with Gasteiger partial charge in [-0.1, -0.05) is 26.0 Å². The Morgan fingerprint density at radius 3 is 2.31 bits per heavy atom. The maximum Gasteiger partial charge on any atom is 0.302 e. The molecule has 156 valence electrons. The van der Waals surface area contributed by atoms with Gasteiger partial charge in [0.15, 0.2) is 23.0 Å². The van der Waals surface area contributed by atoms with Crippen LogP contribution in [0.1, 0.15) is 37.8 Å². The number of carbonyl (C=O) groups is 1. The number of ether oxygens (including phenoxy) is 5. The fourth-order valence-electron chi connectivity index (χ4n) is 3.68. The molecule has 3 atom stereocenters. The third-order valence-corrected chi connectivity index (χ3v) is 5.50. The molecule has 0 fully saturated rings. The van der Waals surface area contributed by atoms with Gasteiger partial charge in [0.1, 0.15) is 0 Å². The smallest absolute Gasteiger partial charge is 0.302 e.